The third-order valence-electron chi connectivity index (χ3n) is 6.27. The lowest BCUT2D eigenvalue weighted by atomic mass is 10.2. The van der Waals surface area contributed by atoms with E-state index in [0.717, 1.165) is 12.0 Å². The molecule has 0 N–H and O–H groups in total. The van der Waals surface area contributed by atoms with Crippen LogP contribution < -0.4 is 10.3 Å². The zero-order valence-corrected chi connectivity index (χ0v) is 20.5. The summed E-state index contributed by atoms with van der Waals surface area (Å²) in [5.41, 5.74) is 1.42. The number of aromatic nitrogens is 4. The topological polar surface area (TPSA) is 91.0 Å². The van der Waals surface area contributed by atoms with Gasteiger partial charge in [0.05, 0.1) is 43.0 Å². The van der Waals surface area contributed by atoms with Crippen molar-refractivity contribution in [3.05, 3.63) is 64.4 Å². The number of hydrogen-bond donors (Lipinski definition) is 0. The Bertz CT molecular complexity index is 1430. The van der Waals surface area contributed by atoms with Crippen LogP contribution >= 0.6 is 11.8 Å². The minimum atomic E-state index is -0.155. The predicted octanol–water partition coefficient (Wildman–Crippen LogP) is 2.83. The van der Waals surface area contributed by atoms with Gasteiger partial charge in [-0.2, -0.15) is 0 Å². The van der Waals surface area contributed by atoms with Crippen molar-refractivity contribution in [2.45, 2.75) is 31.1 Å². The average molecular weight is 494 g/mol. The molecule has 5 rings (SSSR count). The van der Waals surface area contributed by atoms with Gasteiger partial charge in [-0.1, -0.05) is 49.0 Å². The highest BCUT2D eigenvalue weighted by Gasteiger charge is 2.24. The molecular weight excluding hydrogens is 466 g/mol. The van der Waals surface area contributed by atoms with E-state index >= 15 is 0 Å². The summed E-state index contributed by atoms with van der Waals surface area (Å²) in [6.07, 6.45) is 0.960. The fourth-order valence-electron chi connectivity index (χ4n) is 4.38. The number of hydrogen-bond acceptors (Lipinski definition) is 7. The Balaban J connectivity index is 1.51. The lowest BCUT2D eigenvalue weighted by Gasteiger charge is -2.32. The van der Waals surface area contributed by atoms with Gasteiger partial charge in [0.1, 0.15) is 5.75 Å². The van der Waals surface area contributed by atoms with Crippen LogP contribution in [-0.2, 0) is 16.1 Å². The van der Waals surface area contributed by atoms with Crippen LogP contribution in [0.25, 0.3) is 16.7 Å². The van der Waals surface area contributed by atoms with Crippen molar-refractivity contribution in [1.82, 2.24) is 24.1 Å². The molecule has 1 fully saturated rings. The second kappa shape index (κ2) is 10.1. The number of fused-ring (bicyclic) bond motifs is 3. The number of carbonyl (C=O) groups excluding carboxylic acids is 1. The number of ether oxygens (including phenoxy) is 2. The first-order chi connectivity index (χ1) is 17.1. The quantitative estimate of drug-likeness (QED) is 0.366. The van der Waals surface area contributed by atoms with E-state index in [9.17, 15) is 9.59 Å². The van der Waals surface area contributed by atoms with Crippen molar-refractivity contribution in [2.75, 3.05) is 32.6 Å². The number of benzene rings is 2. The summed E-state index contributed by atoms with van der Waals surface area (Å²) in [6, 6.07) is 15.0. The molecule has 1 atom stereocenters. The van der Waals surface area contributed by atoms with Crippen LogP contribution in [0, 0.1) is 0 Å². The molecule has 182 valence electrons. The minimum absolute atomic E-state index is 0.0418. The van der Waals surface area contributed by atoms with Crippen LogP contribution in [0.2, 0.25) is 0 Å². The van der Waals surface area contributed by atoms with Gasteiger partial charge in [0, 0.05) is 18.7 Å². The minimum Gasteiger partial charge on any atom is -0.496 e. The Kier molecular flexibility index (Phi) is 6.74. The molecule has 3 heterocycles. The maximum atomic E-state index is 13.4. The van der Waals surface area contributed by atoms with Gasteiger partial charge in [-0.25, -0.2) is 0 Å². The normalized spacial score (nSPS) is 16.2. The van der Waals surface area contributed by atoms with Gasteiger partial charge >= 0.3 is 0 Å². The number of thioether (sulfide) groups is 1. The summed E-state index contributed by atoms with van der Waals surface area (Å²) < 4.78 is 14.6. The van der Waals surface area contributed by atoms with Crippen molar-refractivity contribution >= 4 is 34.3 Å². The molecule has 2 aromatic carbocycles. The highest BCUT2D eigenvalue weighted by atomic mass is 32.2. The Labute approximate surface area is 206 Å². The zero-order valence-electron chi connectivity index (χ0n) is 19.7. The largest absolute Gasteiger partial charge is 0.496 e. The fourth-order valence-corrected chi connectivity index (χ4v) is 5.23. The van der Waals surface area contributed by atoms with Crippen LogP contribution in [-0.4, -0.2) is 68.6 Å². The van der Waals surface area contributed by atoms with Gasteiger partial charge in [-0.3, -0.25) is 18.6 Å². The molecule has 1 unspecified atom stereocenters. The number of carbonyl (C=O) groups is 1. The number of rotatable bonds is 7. The van der Waals surface area contributed by atoms with E-state index in [4.69, 9.17) is 9.47 Å². The number of para-hydroxylation sites is 2. The maximum absolute atomic E-state index is 13.4. The molecule has 2 aromatic heterocycles. The number of morpholine rings is 1. The molecule has 0 spiro atoms. The van der Waals surface area contributed by atoms with Gasteiger partial charge in [-0.15, -0.1) is 10.2 Å². The van der Waals surface area contributed by atoms with E-state index in [1.807, 2.05) is 51.8 Å². The van der Waals surface area contributed by atoms with Gasteiger partial charge in [0.15, 0.2) is 5.16 Å². The highest BCUT2D eigenvalue weighted by Crippen LogP contribution is 2.24. The molecule has 0 bridgehead atoms. The molecule has 0 radical (unpaired) electrons. The Morgan fingerprint density at radius 3 is 2.80 bits per heavy atom. The zero-order chi connectivity index (χ0) is 24.4. The summed E-state index contributed by atoms with van der Waals surface area (Å²) in [4.78, 5) is 28.2. The summed E-state index contributed by atoms with van der Waals surface area (Å²) in [5.74, 6) is 1.39. The van der Waals surface area contributed by atoms with Crippen molar-refractivity contribution in [1.29, 1.82) is 0 Å². The molecule has 1 amide bonds. The molecule has 0 aliphatic carbocycles. The molecule has 9 nitrogen and oxygen atoms in total. The SMILES string of the molecule is CCC1CN(C(=O)CSc2nnc3n(Cc4ccccc4OC)c(=O)c4ccccc4n23)CCO1. The van der Waals surface area contributed by atoms with E-state index < -0.39 is 0 Å². The van der Waals surface area contributed by atoms with Crippen molar-refractivity contribution in [3.8, 4) is 5.75 Å². The number of amides is 1. The van der Waals surface area contributed by atoms with E-state index in [0.29, 0.717) is 47.3 Å². The monoisotopic (exact) mass is 493 g/mol. The van der Waals surface area contributed by atoms with Gasteiger partial charge in [0.2, 0.25) is 11.7 Å². The lowest BCUT2D eigenvalue weighted by Crippen LogP contribution is -2.46. The van der Waals surface area contributed by atoms with E-state index in [-0.39, 0.29) is 29.9 Å². The third kappa shape index (κ3) is 4.51. The molecule has 0 saturated carbocycles. The summed E-state index contributed by atoms with van der Waals surface area (Å²) in [5, 5.41) is 9.86. The number of methoxy groups -OCH3 is 1. The van der Waals surface area contributed by atoms with Crippen LogP contribution in [0.4, 0.5) is 0 Å². The molecular formula is C25H27N5O4S. The van der Waals surface area contributed by atoms with Crippen molar-refractivity contribution < 1.29 is 14.3 Å². The molecule has 35 heavy (non-hydrogen) atoms. The lowest BCUT2D eigenvalue weighted by molar-refractivity contribution is -0.135. The Hall–Kier alpha value is -3.37. The summed E-state index contributed by atoms with van der Waals surface area (Å²) in [7, 11) is 1.61. The van der Waals surface area contributed by atoms with Crippen LogP contribution in [0.1, 0.15) is 18.9 Å². The first kappa shape index (κ1) is 23.4. The first-order valence-corrected chi connectivity index (χ1v) is 12.6. The molecule has 10 heteroatoms. The van der Waals surface area contributed by atoms with E-state index in [1.54, 1.807) is 17.7 Å². The Morgan fingerprint density at radius 2 is 1.97 bits per heavy atom. The first-order valence-electron chi connectivity index (χ1n) is 11.6. The van der Waals surface area contributed by atoms with Crippen molar-refractivity contribution in [2.24, 2.45) is 0 Å². The van der Waals surface area contributed by atoms with Crippen LogP contribution in [0.5, 0.6) is 5.75 Å². The third-order valence-corrected chi connectivity index (χ3v) is 7.18. The molecule has 1 aliphatic heterocycles. The summed E-state index contributed by atoms with van der Waals surface area (Å²) >= 11 is 1.33. The standard InChI is InChI=1S/C25H27N5O4S/c1-3-18-15-28(12-13-34-18)22(31)16-35-25-27-26-24-29(14-17-8-4-7-11-21(17)33-2)23(32)19-9-5-6-10-20(19)30(24)25/h4-11,18H,3,12-16H2,1-2H3. The van der Waals surface area contributed by atoms with E-state index in [1.165, 1.54) is 11.8 Å². The van der Waals surface area contributed by atoms with Crippen LogP contribution in [0.15, 0.2) is 58.5 Å². The maximum Gasteiger partial charge on any atom is 0.263 e. The smallest absolute Gasteiger partial charge is 0.263 e. The van der Waals surface area contributed by atoms with E-state index in [2.05, 4.69) is 17.1 Å². The highest BCUT2D eigenvalue weighted by molar-refractivity contribution is 7.99. The fraction of sp³-hybridized carbons (Fsp3) is 0.360. The molecule has 1 aliphatic rings. The second-order valence-corrected chi connectivity index (χ2v) is 9.31. The average Bonchev–Trinajstić information content (AvgIpc) is 3.34. The van der Waals surface area contributed by atoms with Crippen molar-refractivity contribution in [3.63, 3.8) is 0 Å². The predicted molar refractivity (Wildman–Crippen MR) is 134 cm³/mol. The van der Waals surface area contributed by atoms with Gasteiger partial charge in [0.25, 0.3) is 5.56 Å². The number of nitrogens with zero attached hydrogens (tertiary/aromatic N) is 5. The summed E-state index contributed by atoms with van der Waals surface area (Å²) in [6.45, 7) is 4.11. The molecule has 4 aromatic rings. The second-order valence-electron chi connectivity index (χ2n) is 8.37. The van der Waals surface area contributed by atoms with Gasteiger partial charge < -0.3 is 14.4 Å². The Morgan fingerprint density at radius 1 is 1.17 bits per heavy atom. The van der Waals surface area contributed by atoms with Gasteiger partial charge in [-0.05, 0) is 24.6 Å². The van der Waals surface area contributed by atoms with Crippen LogP contribution in [0.3, 0.4) is 0 Å². The molecule has 1 saturated heterocycles.